The fourth-order valence-corrected chi connectivity index (χ4v) is 2.71. The van der Waals surface area contributed by atoms with Gasteiger partial charge in [0.2, 0.25) is 0 Å². The first kappa shape index (κ1) is 18.1. The minimum absolute atomic E-state index is 0.102. The number of halogens is 4. The fourth-order valence-electron chi connectivity index (χ4n) is 2.47. The number of carbonyl (C=O) groups is 2. The van der Waals surface area contributed by atoms with E-state index in [4.69, 9.17) is 11.6 Å². The maximum atomic E-state index is 12.7. The number of benzene rings is 1. The summed E-state index contributed by atoms with van der Waals surface area (Å²) in [5.41, 5.74) is 0.154. The molecule has 1 N–H and O–H groups in total. The second-order valence-corrected chi connectivity index (χ2v) is 5.50. The van der Waals surface area contributed by atoms with E-state index in [1.54, 1.807) is 24.3 Å². The van der Waals surface area contributed by atoms with E-state index in [1.165, 1.54) is 6.92 Å². The molecule has 1 aromatic rings. The third-order valence-electron chi connectivity index (χ3n) is 3.56. The standard InChI is InChI=1S/C15H14ClF3N2O3/c1-8-11(13(22)24-2)12(9-5-3-4-6-10(9)16)20-14(23)21(8)7-15(17,18)19/h3-6,12H,7H2,1-2H3,(H,20,23). The normalized spacial score (nSPS) is 18.5. The Morgan fingerprint density at radius 1 is 1.38 bits per heavy atom. The van der Waals surface area contributed by atoms with E-state index in [0.717, 1.165) is 7.11 Å². The molecule has 1 aromatic carbocycles. The van der Waals surface area contributed by atoms with Crippen molar-refractivity contribution in [1.82, 2.24) is 10.2 Å². The molecular weight excluding hydrogens is 349 g/mol. The number of rotatable bonds is 3. The Bertz CT molecular complexity index is 703. The van der Waals surface area contributed by atoms with Crippen molar-refractivity contribution in [2.45, 2.75) is 19.1 Å². The molecule has 1 heterocycles. The summed E-state index contributed by atoms with van der Waals surface area (Å²) in [7, 11) is 1.11. The van der Waals surface area contributed by atoms with Gasteiger partial charge in [0.15, 0.2) is 0 Å². The largest absolute Gasteiger partial charge is 0.466 e. The summed E-state index contributed by atoms with van der Waals surface area (Å²) in [4.78, 5) is 24.7. The van der Waals surface area contributed by atoms with E-state index in [1.807, 2.05) is 0 Å². The number of hydrogen-bond acceptors (Lipinski definition) is 3. The number of carbonyl (C=O) groups excluding carboxylic acids is 2. The maximum Gasteiger partial charge on any atom is 0.406 e. The van der Waals surface area contributed by atoms with Crippen molar-refractivity contribution in [2.75, 3.05) is 13.7 Å². The number of allylic oxidation sites excluding steroid dienone is 1. The topological polar surface area (TPSA) is 58.6 Å². The molecule has 9 heteroatoms. The lowest BCUT2D eigenvalue weighted by Crippen LogP contribution is -2.50. The van der Waals surface area contributed by atoms with Gasteiger partial charge < -0.3 is 10.1 Å². The third-order valence-corrected chi connectivity index (χ3v) is 3.90. The zero-order chi connectivity index (χ0) is 18.1. The Labute approximate surface area is 141 Å². The number of hydrogen-bond donors (Lipinski definition) is 1. The monoisotopic (exact) mass is 362 g/mol. The fraction of sp³-hybridized carbons (Fsp3) is 0.333. The molecule has 0 aromatic heterocycles. The van der Waals surface area contributed by atoms with Crippen molar-refractivity contribution >= 4 is 23.6 Å². The number of alkyl halides is 3. The lowest BCUT2D eigenvalue weighted by atomic mass is 9.95. The summed E-state index contributed by atoms with van der Waals surface area (Å²) in [5, 5.41) is 2.65. The SMILES string of the molecule is COC(=O)C1=C(C)N(CC(F)(F)F)C(=O)NC1c1ccccc1Cl. The molecule has 2 rings (SSSR count). The van der Waals surface area contributed by atoms with Gasteiger partial charge in [-0.3, -0.25) is 4.90 Å². The highest BCUT2D eigenvalue weighted by Gasteiger charge is 2.41. The molecule has 1 atom stereocenters. The van der Waals surface area contributed by atoms with Crippen LogP contribution in [0.1, 0.15) is 18.5 Å². The highest BCUT2D eigenvalue weighted by molar-refractivity contribution is 6.31. The number of nitrogens with zero attached hydrogens (tertiary/aromatic N) is 1. The van der Waals surface area contributed by atoms with Gasteiger partial charge >= 0.3 is 18.2 Å². The van der Waals surface area contributed by atoms with E-state index >= 15 is 0 Å². The molecule has 130 valence electrons. The van der Waals surface area contributed by atoms with Gasteiger partial charge in [0, 0.05) is 10.7 Å². The first-order valence-corrected chi connectivity index (χ1v) is 7.21. The predicted octanol–water partition coefficient (Wildman–Crippen LogP) is 3.42. The van der Waals surface area contributed by atoms with Crippen LogP contribution in [-0.4, -0.2) is 36.7 Å². The second-order valence-electron chi connectivity index (χ2n) is 5.10. The summed E-state index contributed by atoms with van der Waals surface area (Å²) in [5.74, 6) is -0.843. The smallest absolute Gasteiger partial charge is 0.406 e. The molecule has 0 fully saturated rings. The average Bonchev–Trinajstić information content (AvgIpc) is 2.50. The van der Waals surface area contributed by atoms with Crippen molar-refractivity contribution < 1.29 is 27.5 Å². The van der Waals surface area contributed by atoms with Gasteiger partial charge in [-0.15, -0.1) is 0 Å². The summed E-state index contributed by atoms with van der Waals surface area (Å²) >= 11 is 6.09. The summed E-state index contributed by atoms with van der Waals surface area (Å²) < 4.78 is 42.8. The molecule has 0 radical (unpaired) electrons. The summed E-state index contributed by atoms with van der Waals surface area (Å²) in [6, 6.07) is 4.45. The molecule has 24 heavy (non-hydrogen) atoms. The van der Waals surface area contributed by atoms with Gasteiger partial charge in [0.05, 0.1) is 18.7 Å². The highest BCUT2D eigenvalue weighted by Crippen LogP contribution is 2.35. The Kier molecular flexibility index (Phi) is 5.08. The molecule has 1 aliphatic rings. The summed E-state index contributed by atoms with van der Waals surface area (Å²) in [6.45, 7) is -0.249. The van der Waals surface area contributed by atoms with E-state index in [2.05, 4.69) is 10.1 Å². The molecule has 0 spiro atoms. The van der Waals surface area contributed by atoms with E-state index in [9.17, 15) is 22.8 Å². The van der Waals surface area contributed by atoms with Crippen LogP contribution in [-0.2, 0) is 9.53 Å². The maximum absolute atomic E-state index is 12.7. The van der Waals surface area contributed by atoms with Gasteiger partial charge in [-0.1, -0.05) is 29.8 Å². The number of esters is 1. The molecule has 5 nitrogen and oxygen atoms in total. The number of amides is 2. The zero-order valence-corrected chi connectivity index (χ0v) is 13.5. The molecule has 0 bridgehead atoms. The van der Waals surface area contributed by atoms with Crippen molar-refractivity contribution in [3.05, 3.63) is 46.1 Å². The Hall–Kier alpha value is -2.22. The molecule has 2 amide bonds. The minimum atomic E-state index is -4.61. The van der Waals surface area contributed by atoms with E-state index in [-0.39, 0.29) is 16.3 Å². The molecule has 0 saturated heterocycles. The van der Waals surface area contributed by atoms with Crippen LogP contribution >= 0.6 is 11.6 Å². The Morgan fingerprint density at radius 2 is 2.00 bits per heavy atom. The quantitative estimate of drug-likeness (QED) is 0.838. The predicted molar refractivity (Wildman–Crippen MR) is 80.2 cm³/mol. The first-order chi connectivity index (χ1) is 11.2. The van der Waals surface area contributed by atoms with Crippen LogP contribution < -0.4 is 5.32 Å². The van der Waals surface area contributed by atoms with Crippen LogP contribution in [0.4, 0.5) is 18.0 Å². The Morgan fingerprint density at radius 3 is 2.54 bits per heavy atom. The van der Waals surface area contributed by atoms with Crippen molar-refractivity contribution in [3.8, 4) is 0 Å². The number of methoxy groups -OCH3 is 1. The van der Waals surface area contributed by atoms with Gasteiger partial charge in [-0.2, -0.15) is 13.2 Å². The van der Waals surface area contributed by atoms with Crippen LogP contribution in [0.15, 0.2) is 35.5 Å². The lowest BCUT2D eigenvalue weighted by molar-refractivity contribution is -0.140. The van der Waals surface area contributed by atoms with Gasteiger partial charge in [-0.05, 0) is 18.6 Å². The number of ether oxygens (including phenoxy) is 1. The van der Waals surface area contributed by atoms with Crippen LogP contribution in [0.25, 0.3) is 0 Å². The van der Waals surface area contributed by atoms with Crippen LogP contribution in [0.2, 0.25) is 5.02 Å². The average molecular weight is 363 g/mol. The van der Waals surface area contributed by atoms with E-state index < -0.39 is 30.8 Å². The number of nitrogens with one attached hydrogen (secondary N) is 1. The Balaban J connectivity index is 2.56. The first-order valence-electron chi connectivity index (χ1n) is 6.84. The molecule has 0 saturated carbocycles. The molecule has 1 aliphatic heterocycles. The van der Waals surface area contributed by atoms with Crippen LogP contribution in [0.5, 0.6) is 0 Å². The van der Waals surface area contributed by atoms with Gasteiger partial charge in [0.1, 0.15) is 6.54 Å². The van der Waals surface area contributed by atoms with Crippen LogP contribution in [0.3, 0.4) is 0 Å². The van der Waals surface area contributed by atoms with E-state index in [0.29, 0.717) is 10.5 Å². The molecule has 0 aliphatic carbocycles. The van der Waals surface area contributed by atoms with Crippen LogP contribution in [0, 0.1) is 0 Å². The van der Waals surface area contributed by atoms with Crippen molar-refractivity contribution in [2.24, 2.45) is 0 Å². The highest BCUT2D eigenvalue weighted by atomic mass is 35.5. The second kappa shape index (κ2) is 6.72. The van der Waals surface area contributed by atoms with Gasteiger partial charge in [0.25, 0.3) is 0 Å². The lowest BCUT2D eigenvalue weighted by Gasteiger charge is -2.35. The number of urea groups is 1. The molecular formula is C15H14ClF3N2O3. The third kappa shape index (κ3) is 3.64. The van der Waals surface area contributed by atoms with Crippen molar-refractivity contribution in [1.29, 1.82) is 0 Å². The zero-order valence-electron chi connectivity index (χ0n) is 12.8. The van der Waals surface area contributed by atoms with Crippen molar-refractivity contribution in [3.63, 3.8) is 0 Å². The minimum Gasteiger partial charge on any atom is -0.466 e. The molecule has 1 unspecified atom stereocenters. The van der Waals surface area contributed by atoms with Gasteiger partial charge in [-0.25, -0.2) is 9.59 Å². The summed E-state index contributed by atoms with van der Waals surface area (Å²) in [6.07, 6.45) is -4.61.